The number of halogens is 1. The number of nitrogens with one attached hydrogen (secondary N) is 1. The van der Waals surface area contributed by atoms with Crippen LogP contribution in [0, 0.1) is 5.41 Å². The zero-order valence-electron chi connectivity index (χ0n) is 9.97. The van der Waals surface area contributed by atoms with Gasteiger partial charge in [0.2, 0.25) is 0 Å². The Hall–Kier alpha value is -0.890. The second-order valence-electron chi connectivity index (χ2n) is 5.34. The summed E-state index contributed by atoms with van der Waals surface area (Å²) in [6.07, 6.45) is 6.61. The van der Waals surface area contributed by atoms with E-state index in [-0.39, 0.29) is 0 Å². The maximum atomic E-state index is 6.01. The number of hydrogen-bond acceptors (Lipinski definition) is 2. The molecule has 1 aliphatic carbocycles. The maximum absolute atomic E-state index is 6.01. The molecular formula is C14H18ClNO. The maximum Gasteiger partial charge on any atom is 0.142 e. The fraction of sp³-hybridized carbons (Fsp3) is 0.571. The van der Waals surface area contributed by atoms with E-state index in [1.165, 1.54) is 32.1 Å². The molecule has 0 amide bonds. The van der Waals surface area contributed by atoms with Crippen LogP contribution in [0.3, 0.4) is 0 Å². The van der Waals surface area contributed by atoms with Crippen molar-refractivity contribution >= 4 is 17.3 Å². The summed E-state index contributed by atoms with van der Waals surface area (Å²) in [4.78, 5) is 0. The number of ether oxygens (including phenoxy) is 1. The summed E-state index contributed by atoms with van der Waals surface area (Å²) >= 11 is 6.01. The van der Waals surface area contributed by atoms with Crippen molar-refractivity contribution in [3.8, 4) is 5.75 Å². The average Bonchev–Trinajstić information content (AvgIpc) is 2.52. The van der Waals surface area contributed by atoms with E-state index >= 15 is 0 Å². The smallest absolute Gasteiger partial charge is 0.142 e. The predicted octanol–water partition coefficient (Wildman–Crippen LogP) is 4.09. The van der Waals surface area contributed by atoms with E-state index in [1.807, 2.05) is 18.2 Å². The second kappa shape index (κ2) is 4.41. The van der Waals surface area contributed by atoms with Gasteiger partial charge >= 0.3 is 0 Å². The molecule has 92 valence electrons. The van der Waals surface area contributed by atoms with E-state index in [1.54, 1.807) is 0 Å². The third kappa shape index (κ3) is 2.23. The van der Waals surface area contributed by atoms with Gasteiger partial charge in [0.15, 0.2) is 0 Å². The zero-order chi connectivity index (χ0) is 11.7. The van der Waals surface area contributed by atoms with Crippen molar-refractivity contribution in [2.75, 3.05) is 18.5 Å². The molecule has 0 unspecified atom stereocenters. The van der Waals surface area contributed by atoms with Crippen molar-refractivity contribution in [2.24, 2.45) is 5.41 Å². The molecule has 1 N–H and O–H groups in total. The Morgan fingerprint density at radius 1 is 1.18 bits per heavy atom. The molecule has 17 heavy (non-hydrogen) atoms. The summed E-state index contributed by atoms with van der Waals surface area (Å²) in [6, 6.07) is 5.81. The van der Waals surface area contributed by atoms with Crippen LogP contribution in [-0.4, -0.2) is 13.2 Å². The van der Waals surface area contributed by atoms with Crippen LogP contribution in [0.15, 0.2) is 18.2 Å². The molecule has 1 fully saturated rings. The van der Waals surface area contributed by atoms with Crippen molar-refractivity contribution in [1.82, 2.24) is 0 Å². The normalized spacial score (nSPS) is 22.2. The van der Waals surface area contributed by atoms with E-state index in [0.29, 0.717) is 5.41 Å². The standard InChI is InChI=1S/C14H18ClNO/c15-11-4-5-13-12(8-11)16-9-14(10-17-13)6-2-1-3-7-14/h4-5,8,16H,1-3,6-7,9-10H2. The minimum Gasteiger partial charge on any atom is -0.491 e. The van der Waals surface area contributed by atoms with Crippen LogP contribution >= 0.6 is 11.6 Å². The first-order valence-electron chi connectivity index (χ1n) is 6.44. The lowest BCUT2D eigenvalue weighted by Crippen LogP contribution is -2.36. The molecule has 3 heteroatoms. The summed E-state index contributed by atoms with van der Waals surface area (Å²) in [5.41, 5.74) is 1.38. The molecule has 0 radical (unpaired) electrons. The fourth-order valence-electron chi connectivity index (χ4n) is 2.95. The lowest BCUT2D eigenvalue weighted by Gasteiger charge is -2.35. The molecule has 0 saturated heterocycles. The van der Waals surface area contributed by atoms with Gasteiger partial charge in [-0.3, -0.25) is 0 Å². The van der Waals surface area contributed by atoms with Gasteiger partial charge < -0.3 is 10.1 Å². The van der Waals surface area contributed by atoms with Crippen molar-refractivity contribution in [3.05, 3.63) is 23.2 Å². The van der Waals surface area contributed by atoms with Gasteiger partial charge in [0.05, 0.1) is 12.3 Å². The monoisotopic (exact) mass is 251 g/mol. The number of fused-ring (bicyclic) bond motifs is 1. The summed E-state index contributed by atoms with van der Waals surface area (Å²) in [5.74, 6) is 0.942. The van der Waals surface area contributed by atoms with Gasteiger partial charge in [0, 0.05) is 17.0 Å². The highest BCUT2D eigenvalue weighted by atomic mass is 35.5. The van der Waals surface area contributed by atoms with Gasteiger partial charge in [-0.15, -0.1) is 0 Å². The molecule has 1 aliphatic heterocycles. The van der Waals surface area contributed by atoms with E-state index in [2.05, 4.69) is 5.32 Å². The lowest BCUT2D eigenvalue weighted by molar-refractivity contribution is 0.115. The molecule has 1 heterocycles. The molecular weight excluding hydrogens is 234 g/mol. The number of rotatable bonds is 0. The predicted molar refractivity (Wildman–Crippen MR) is 71.0 cm³/mol. The minimum absolute atomic E-state index is 0.337. The first kappa shape index (κ1) is 11.2. The van der Waals surface area contributed by atoms with Crippen molar-refractivity contribution in [1.29, 1.82) is 0 Å². The van der Waals surface area contributed by atoms with Crippen LogP contribution in [0.5, 0.6) is 5.75 Å². The van der Waals surface area contributed by atoms with Crippen LogP contribution in [0.25, 0.3) is 0 Å². The summed E-state index contributed by atoms with van der Waals surface area (Å²) in [7, 11) is 0. The summed E-state index contributed by atoms with van der Waals surface area (Å²) in [5, 5.41) is 4.28. The van der Waals surface area contributed by atoms with Crippen molar-refractivity contribution in [2.45, 2.75) is 32.1 Å². The van der Waals surface area contributed by atoms with E-state index in [9.17, 15) is 0 Å². The Labute approximate surface area is 107 Å². The van der Waals surface area contributed by atoms with Gasteiger partial charge in [0.25, 0.3) is 0 Å². The van der Waals surface area contributed by atoms with Crippen molar-refractivity contribution in [3.63, 3.8) is 0 Å². The van der Waals surface area contributed by atoms with Crippen LogP contribution in [0.2, 0.25) is 5.02 Å². The molecule has 2 nitrogen and oxygen atoms in total. The summed E-state index contributed by atoms with van der Waals surface area (Å²) < 4.78 is 5.98. The Balaban J connectivity index is 1.82. The first-order chi connectivity index (χ1) is 8.27. The lowest BCUT2D eigenvalue weighted by atomic mass is 9.74. The minimum atomic E-state index is 0.337. The fourth-order valence-corrected chi connectivity index (χ4v) is 3.13. The van der Waals surface area contributed by atoms with Gasteiger partial charge in [0.1, 0.15) is 5.75 Å². The molecule has 1 saturated carbocycles. The Morgan fingerprint density at radius 3 is 2.82 bits per heavy atom. The molecule has 1 spiro atoms. The molecule has 1 aromatic rings. The van der Waals surface area contributed by atoms with Crippen molar-refractivity contribution < 1.29 is 4.74 Å². The molecule has 0 atom stereocenters. The highest BCUT2D eigenvalue weighted by molar-refractivity contribution is 6.30. The average molecular weight is 252 g/mol. The third-order valence-corrected chi connectivity index (χ3v) is 4.28. The Bertz CT molecular complexity index is 413. The van der Waals surface area contributed by atoms with Gasteiger partial charge in [-0.25, -0.2) is 0 Å². The largest absolute Gasteiger partial charge is 0.491 e. The third-order valence-electron chi connectivity index (χ3n) is 4.04. The quantitative estimate of drug-likeness (QED) is 0.750. The molecule has 2 aliphatic rings. The van der Waals surface area contributed by atoms with Crippen LogP contribution < -0.4 is 10.1 Å². The Kier molecular flexibility index (Phi) is 2.91. The summed E-state index contributed by atoms with van der Waals surface area (Å²) in [6.45, 7) is 1.86. The molecule has 1 aromatic carbocycles. The van der Waals surface area contributed by atoms with Crippen LogP contribution in [-0.2, 0) is 0 Å². The SMILES string of the molecule is Clc1ccc2c(c1)NCC1(CCCCC1)CO2. The Morgan fingerprint density at radius 2 is 2.00 bits per heavy atom. The first-order valence-corrected chi connectivity index (χ1v) is 6.82. The van der Waals surface area contributed by atoms with Gasteiger partial charge in [-0.1, -0.05) is 30.9 Å². The second-order valence-corrected chi connectivity index (χ2v) is 5.78. The molecule has 0 bridgehead atoms. The number of hydrogen-bond donors (Lipinski definition) is 1. The number of anilines is 1. The highest BCUT2D eigenvalue weighted by Gasteiger charge is 2.34. The highest BCUT2D eigenvalue weighted by Crippen LogP contribution is 2.41. The van der Waals surface area contributed by atoms with Gasteiger partial charge in [-0.05, 0) is 31.0 Å². The molecule has 0 aromatic heterocycles. The van der Waals surface area contributed by atoms with E-state index in [4.69, 9.17) is 16.3 Å². The molecule has 3 rings (SSSR count). The van der Waals surface area contributed by atoms with E-state index in [0.717, 1.165) is 29.6 Å². The zero-order valence-corrected chi connectivity index (χ0v) is 10.7. The van der Waals surface area contributed by atoms with Crippen LogP contribution in [0.4, 0.5) is 5.69 Å². The van der Waals surface area contributed by atoms with Gasteiger partial charge in [-0.2, -0.15) is 0 Å². The van der Waals surface area contributed by atoms with E-state index < -0.39 is 0 Å². The van der Waals surface area contributed by atoms with Crippen LogP contribution in [0.1, 0.15) is 32.1 Å². The topological polar surface area (TPSA) is 21.3 Å². The number of benzene rings is 1.